The van der Waals surface area contributed by atoms with E-state index in [-0.39, 0.29) is 18.2 Å². The van der Waals surface area contributed by atoms with Crippen LogP contribution in [0.15, 0.2) is 36.5 Å². The van der Waals surface area contributed by atoms with Crippen molar-refractivity contribution in [1.29, 1.82) is 0 Å². The number of epoxide rings is 1. The number of methoxy groups -OCH3 is 1. The van der Waals surface area contributed by atoms with E-state index in [1.807, 2.05) is 12.2 Å². The molecule has 3 heteroatoms. The SMILES string of the molecule is CCCCCCC/C=C/C=C/C=C/C1OC1CCCC(=O)OC. The number of allylic oxidation sites excluding steroid dienone is 5. The molecule has 23 heavy (non-hydrogen) atoms. The Morgan fingerprint density at radius 3 is 2.61 bits per heavy atom. The second kappa shape index (κ2) is 13.1. The number of carbonyl (C=O) groups excluding carboxylic acids is 1. The van der Waals surface area contributed by atoms with Crippen molar-refractivity contribution >= 4 is 5.97 Å². The van der Waals surface area contributed by atoms with Gasteiger partial charge in [-0.05, 0) is 25.7 Å². The lowest BCUT2D eigenvalue weighted by Gasteiger charge is -1.96. The molecular formula is C20H32O3. The molecule has 1 aliphatic heterocycles. The smallest absolute Gasteiger partial charge is 0.305 e. The minimum absolute atomic E-state index is 0.141. The molecule has 3 nitrogen and oxygen atoms in total. The Morgan fingerprint density at radius 2 is 1.83 bits per heavy atom. The summed E-state index contributed by atoms with van der Waals surface area (Å²) in [7, 11) is 1.43. The summed E-state index contributed by atoms with van der Waals surface area (Å²) in [5, 5.41) is 0. The number of unbranched alkanes of at least 4 members (excludes halogenated alkanes) is 5. The Kier molecular flexibility index (Phi) is 11.2. The fraction of sp³-hybridized carbons (Fsp3) is 0.650. The second-order valence-electron chi connectivity index (χ2n) is 6.01. The van der Waals surface area contributed by atoms with E-state index >= 15 is 0 Å². The van der Waals surface area contributed by atoms with Crippen molar-refractivity contribution in [3.05, 3.63) is 36.5 Å². The highest BCUT2D eigenvalue weighted by Gasteiger charge is 2.35. The van der Waals surface area contributed by atoms with Crippen molar-refractivity contribution in [2.45, 2.75) is 76.9 Å². The van der Waals surface area contributed by atoms with Gasteiger partial charge in [-0.2, -0.15) is 0 Å². The highest BCUT2D eigenvalue weighted by atomic mass is 16.6. The fourth-order valence-electron chi connectivity index (χ4n) is 2.45. The topological polar surface area (TPSA) is 38.8 Å². The molecule has 130 valence electrons. The molecule has 0 spiro atoms. The zero-order chi connectivity index (χ0) is 16.8. The first-order valence-corrected chi connectivity index (χ1v) is 9.00. The third-order valence-electron chi connectivity index (χ3n) is 3.96. The monoisotopic (exact) mass is 320 g/mol. The number of ether oxygens (including phenoxy) is 2. The van der Waals surface area contributed by atoms with E-state index in [1.54, 1.807) is 0 Å². The number of hydrogen-bond donors (Lipinski definition) is 0. The fourth-order valence-corrected chi connectivity index (χ4v) is 2.45. The van der Waals surface area contributed by atoms with Gasteiger partial charge in [-0.15, -0.1) is 0 Å². The van der Waals surface area contributed by atoms with Crippen LogP contribution in [0.5, 0.6) is 0 Å². The molecular weight excluding hydrogens is 288 g/mol. The van der Waals surface area contributed by atoms with Crippen LogP contribution in [0, 0.1) is 0 Å². The van der Waals surface area contributed by atoms with Crippen molar-refractivity contribution in [3.63, 3.8) is 0 Å². The Labute approximate surface area is 141 Å². The first-order valence-electron chi connectivity index (χ1n) is 9.00. The standard InChI is InChI=1S/C20H32O3/c1-3-4-5-6-7-8-9-10-11-12-13-15-18-19(23-18)16-14-17-20(21)22-2/h9-13,15,18-19H,3-8,14,16-17H2,1-2H3/b10-9+,12-11+,15-13+. The summed E-state index contributed by atoms with van der Waals surface area (Å²) in [5.74, 6) is -0.141. The third-order valence-corrected chi connectivity index (χ3v) is 3.96. The molecule has 1 aliphatic rings. The van der Waals surface area contributed by atoms with Gasteiger partial charge >= 0.3 is 5.97 Å². The first-order chi connectivity index (χ1) is 11.3. The molecule has 1 saturated heterocycles. The second-order valence-corrected chi connectivity index (χ2v) is 6.01. The summed E-state index contributed by atoms with van der Waals surface area (Å²) >= 11 is 0. The van der Waals surface area contributed by atoms with Gasteiger partial charge in [0.25, 0.3) is 0 Å². The van der Waals surface area contributed by atoms with E-state index in [0.29, 0.717) is 6.42 Å². The Bertz CT molecular complexity index is 396. The zero-order valence-corrected chi connectivity index (χ0v) is 14.7. The van der Waals surface area contributed by atoms with Gasteiger partial charge in [-0.1, -0.05) is 69.1 Å². The average Bonchev–Trinajstić information content (AvgIpc) is 3.30. The zero-order valence-electron chi connectivity index (χ0n) is 14.7. The molecule has 2 unspecified atom stereocenters. The number of rotatable bonds is 13. The van der Waals surface area contributed by atoms with E-state index in [4.69, 9.17) is 4.74 Å². The molecule has 0 bridgehead atoms. The maximum atomic E-state index is 11.0. The average molecular weight is 320 g/mol. The minimum atomic E-state index is -0.141. The molecule has 2 atom stereocenters. The van der Waals surface area contributed by atoms with Crippen molar-refractivity contribution in [1.82, 2.24) is 0 Å². The quantitative estimate of drug-likeness (QED) is 0.204. The largest absolute Gasteiger partial charge is 0.469 e. The lowest BCUT2D eigenvalue weighted by molar-refractivity contribution is -0.140. The minimum Gasteiger partial charge on any atom is -0.469 e. The van der Waals surface area contributed by atoms with E-state index in [9.17, 15) is 4.79 Å². The predicted octanol–water partition coefficient (Wildman–Crippen LogP) is 5.13. The third kappa shape index (κ3) is 10.9. The van der Waals surface area contributed by atoms with E-state index in [0.717, 1.165) is 12.8 Å². The van der Waals surface area contributed by atoms with Crippen LogP contribution in [0.25, 0.3) is 0 Å². The molecule has 1 fully saturated rings. The summed E-state index contributed by atoms with van der Waals surface area (Å²) < 4.78 is 10.1. The van der Waals surface area contributed by atoms with Gasteiger partial charge in [-0.25, -0.2) is 0 Å². The van der Waals surface area contributed by atoms with Gasteiger partial charge in [0.05, 0.1) is 13.2 Å². The van der Waals surface area contributed by atoms with Crippen LogP contribution in [0.4, 0.5) is 0 Å². The highest BCUT2D eigenvalue weighted by molar-refractivity contribution is 5.68. The maximum Gasteiger partial charge on any atom is 0.305 e. The maximum absolute atomic E-state index is 11.0. The molecule has 0 aromatic carbocycles. The Morgan fingerprint density at radius 1 is 1.04 bits per heavy atom. The summed E-state index contributed by atoms with van der Waals surface area (Å²) in [6.45, 7) is 2.25. The number of hydrogen-bond acceptors (Lipinski definition) is 3. The summed E-state index contributed by atoms with van der Waals surface area (Å²) in [6.07, 6.45) is 23.2. The Balaban J connectivity index is 1.97. The lowest BCUT2D eigenvalue weighted by Crippen LogP contribution is -2.01. The van der Waals surface area contributed by atoms with Gasteiger partial charge in [0.15, 0.2) is 0 Å². The van der Waals surface area contributed by atoms with Crippen LogP contribution >= 0.6 is 0 Å². The van der Waals surface area contributed by atoms with Crippen molar-refractivity contribution < 1.29 is 14.3 Å². The van der Waals surface area contributed by atoms with Crippen molar-refractivity contribution in [2.24, 2.45) is 0 Å². The van der Waals surface area contributed by atoms with Gasteiger partial charge < -0.3 is 9.47 Å². The molecule has 0 amide bonds. The van der Waals surface area contributed by atoms with Crippen molar-refractivity contribution in [3.8, 4) is 0 Å². The highest BCUT2D eigenvalue weighted by Crippen LogP contribution is 2.28. The molecule has 0 saturated carbocycles. The number of carbonyl (C=O) groups is 1. The molecule has 0 radical (unpaired) electrons. The molecule has 0 aliphatic carbocycles. The van der Waals surface area contributed by atoms with Crippen LogP contribution in [0.3, 0.4) is 0 Å². The van der Waals surface area contributed by atoms with Gasteiger partial charge in [0.1, 0.15) is 6.10 Å². The summed E-state index contributed by atoms with van der Waals surface area (Å²) in [4.78, 5) is 11.0. The normalized spacial score (nSPS) is 20.8. The van der Waals surface area contributed by atoms with Crippen LogP contribution in [-0.4, -0.2) is 25.3 Å². The molecule has 1 heterocycles. The van der Waals surface area contributed by atoms with Gasteiger partial charge in [0.2, 0.25) is 0 Å². The van der Waals surface area contributed by atoms with Crippen LogP contribution < -0.4 is 0 Å². The van der Waals surface area contributed by atoms with Crippen LogP contribution in [-0.2, 0) is 14.3 Å². The van der Waals surface area contributed by atoms with Gasteiger partial charge in [0, 0.05) is 6.42 Å². The Hall–Kier alpha value is -1.35. The van der Waals surface area contributed by atoms with Gasteiger partial charge in [-0.3, -0.25) is 4.79 Å². The lowest BCUT2D eigenvalue weighted by atomic mass is 10.1. The summed E-state index contributed by atoms with van der Waals surface area (Å²) in [6, 6.07) is 0. The van der Waals surface area contributed by atoms with Crippen LogP contribution in [0.1, 0.15) is 64.7 Å². The van der Waals surface area contributed by atoms with E-state index in [2.05, 4.69) is 36.0 Å². The summed E-state index contributed by atoms with van der Waals surface area (Å²) in [5.41, 5.74) is 0. The molecule has 0 aromatic rings. The van der Waals surface area contributed by atoms with E-state index in [1.165, 1.54) is 45.6 Å². The first kappa shape index (κ1) is 19.7. The molecule has 0 N–H and O–H groups in total. The predicted molar refractivity (Wildman–Crippen MR) is 95.3 cm³/mol. The number of esters is 1. The molecule has 1 rings (SSSR count). The molecule has 0 aromatic heterocycles. The van der Waals surface area contributed by atoms with E-state index < -0.39 is 0 Å². The van der Waals surface area contributed by atoms with Crippen molar-refractivity contribution in [2.75, 3.05) is 7.11 Å². The van der Waals surface area contributed by atoms with Crippen LogP contribution in [0.2, 0.25) is 0 Å².